The van der Waals surface area contributed by atoms with Crippen molar-refractivity contribution in [1.29, 1.82) is 0 Å². The summed E-state index contributed by atoms with van der Waals surface area (Å²) in [6, 6.07) is 5.91. The van der Waals surface area contributed by atoms with Crippen molar-refractivity contribution in [2.75, 3.05) is 7.11 Å². The molecule has 1 aromatic rings. The maximum absolute atomic E-state index is 13.2. The highest BCUT2D eigenvalue weighted by Gasteiger charge is 2.10. The standard InChI is InChI=1S/C13H15FO3/c1-17-13(16)9-5-4-8-12(15)10-6-2-3-7-11(10)14/h2-3,6-7H,4-5,8-9H2,1H3. The van der Waals surface area contributed by atoms with Gasteiger partial charge in [0.25, 0.3) is 0 Å². The van der Waals surface area contributed by atoms with E-state index in [9.17, 15) is 14.0 Å². The third-order valence-electron chi connectivity index (χ3n) is 2.44. The Bertz CT molecular complexity index is 401. The third kappa shape index (κ3) is 4.34. The molecule has 0 aliphatic rings. The largest absolute Gasteiger partial charge is 0.469 e. The smallest absolute Gasteiger partial charge is 0.305 e. The first-order valence-corrected chi connectivity index (χ1v) is 5.49. The fourth-order valence-electron chi connectivity index (χ4n) is 1.48. The lowest BCUT2D eigenvalue weighted by molar-refractivity contribution is -0.140. The Kier molecular flexibility index (Phi) is 5.33. The summed E-state index contributed by atoms with van der Waals surface area (Å²) in [7, 11) is 1.33. The normalized spacial score (nSPS) is 10.0. The summed E-state index contributed by atoms with van der Waals surface area (Å²) >= 11 is 0. The van der Waals surface area contributed by atoms with Crippen LogP contribution in [0.5, 0.6) is 0 Å². The molecule has 0 saturated heterocycles. The first-order valence-electron chi connectivity index (χ1n) is 5.49. The van der Waals surface area contributed by atoms with Gasteiger partial charge in [0.2, 0.25) is 0 Å². The lowest BCUT2D eigenvalue weighted by Gasteiger charge is -2.02. The van der Waals surface area contributed by atoms with Gasteiger partial charge in [-0.05, 0) is 25.0 Å². The summed E-state index contributed by atoms with van der Waals surface area (Å²) in [6.45, 7) is 0. The van der Waals surface area contributed by atoms with Crippen molar-refractivity contribution in [3.8, 4) is 0 Å². The zero-order chi connectivity index (χ0) is 12.7. The number of methoxy groups -OCH3 is 1. The van der Waals surface area contributed by atoms with E-state index in [0.29, 0.717) is 19.3 Å². The van der Waals surface area contributed by atoms with E-state index in [-0.39, 0.29) is 23.7 Å². The second-order valence-electron chi connectivity index (χ2n) is 3.69. The Morgan fingerprint density at radius 1 is 1.18 bits per heavy atom. The molecule has 0 saturated carbocycles. The Morgan fingerprint density at radius 2 is 1.82 bits per heavy atom. The molecule has 0 amide bonds. The summed E-state index contributed by atoms with van der Waals surface area (Å²) < 4.78 is 17.7. The van der Waals surface area contributed by atoms with E-state index in [4.69, 9.17) is 0 Å². The number of carbonyl (C=O) groups is 2. The number of ether oxygens (including phenoxy) is 1. The second-order valence-corrected chi connectivity index (χ2v) is 3.69. The minimum absolute atomic E-state index is 0.116. The highest BCUT2D eigenvalue weighted by molar-refractivity contribution is 5.96. The van der Waals surface area contributed by atoms with Crippen molar-refractivity contribution >= 4 is 11.8 Å². The highest BCUT2D eigenvalue weighted by Crippen LogP contribution is 2.12. The second kappa shape index (κ2) is 6.78. The van der Waals surface area contributed by atoms with Gasteiger partial charge in [0.15, 0.2) is 5.78 Å². The van der Waals surface area contributed by atoms with Crippen LogP contribution in [0.1, 0.15) is 36.0 Å². The molecule has 0 fully saturated rings. The van der Waals surface area contributed by atoms with Gasteiger partial charge in [-0.15, -0.1) is 0 Å². The van der Waals surface area contributed by atoms with E-state index in [0.717, 1.165) is 0 Å². The average Bonchev–Trinajstić information content (AvgIpc) is 2.34. The van der Waals surface area contributed by atoms with Crippen molar-refractivity contribution in [2.45, 2.75) is 25.7 Å². The van der Waals surface area contributed by atoms with Gasteiger partial charge in [-0.25, -0.2) is 4.39 Å². The molecular weight excluding hydrogens is 223 g/mol. The minimum atomic E-state index is -0.495. The Hall–Kier alpha value is -1.71. The van der Waals surface area contributed by atoms with Crippen LogP contribution in [0, 0.1) is 5.82 Å². The van der Waals surface area contributed by atoms with E-state index >= 15 is 0 Å². The van der Waals surface area contributed by atoms with Crippen LogP contribution < -0.4 is 0 Å². The van der Waals surface area contributed by atoms with Gasteiger partial charge in [-0.1, -0.05) is 12.1 Å². The van der Waals surface area contributed by atoms with Crippen LogP contribution in [-0.4, -0.2) is 18.9 Å². The predicted octanol–water partition coefficient (Wildman–Crippen LogP) is 2.74. The van der Waals surface area contributed by atoms with Crippen molar-refractivity contribution < 1.29 is 18.7 Å². The zero-order valence-corrected chi connectivity index (χ0v) is 9.74. The molecule has 3 nitrogen and oxygen atoms in total. The molecule has 1 rings (SSSR count). The van der Waals surface area contributed by atoms with Crippen molar-refractivity contribution in [1.82, 2.24) is 0 Å². The number of unbranched alkanes of at least 4 members (excludes halogenated alkanes) is 1. The lowest BCUT2D eigenvalue weighted by atomic mass is 10.0. The summed E-state index contributed by atoms with van der Waals surface area (Å²) in [4.78, 5) is 22.4. The summed E-state index contributed by atoms with van der Waals surface area (Å²) in [6.07, 6.45) is 1.67. The van der Waals surface area contributed by atoms with Crippen LogP contribution in [-0.2, 0) is 9.53 Å². The SMILES string of the molecule is COC(=O)CCCCC(=O)c1ccccc1F. The van der Waals surface area contributed by atoms with Gasteiger partial charge in [0, 0.05) is 12.8 Å². The molecule has 0 spiro atoms. The molecule has 1 aromatic carbocycles. The molecule has 0 atom stereocenters. The van der Waals surface area contributed by atoms with Crippen LogP contribution in [0.25, 0.3) is 0 Å². The monoisotopic (exact) mass is 238 g/mol. The molecule has 0 heterocycles. The zero-order valence-electron chi connectivity index (χ0n) is 9.74. The molecule has 0 N–H and O–H groups in total. The Morgan fingerprint density at radius 3 is 2.47 bits per heavy atom. The van der Waals surface area contributed by atoms with Gasteiger partial charge >= 0.3 is 5.97 Å². The molecule has 92 valence electrons. The van der Waals surface area contributed by atoms with Gasteiger partial charge < -0.3 is 4.74 Å². The Balaban J connectivity index is 2.36. The molecule has 0 aliphatic heterocycles. The quantitative estimate of drug-likeness (QED) is 0.435. The topological polar surface area (TPSA) is 43.4 Å². The molecule has 0 bridgehead atoms. The minimum Gasteiger partial charge on any atom is -0.469 e. The van der Waals surface area contributed by atoms with E-state index in [2.05, 4.69) is 4.74 Å². The van der Waals surface area contributed by atoms with Gasteiger partial charge in [0.05, 0.1) is 12.7 Å². The fraction of sp³-hybridized carbons (Fsp3) is 0.385. The average molecular weight is 238 g/mol. The van der Waals surface area contributed by atoms with Crippen molar-refractivity contribution in [2.24, 2.45) is 0 Å². The third-order valence-corrected chi connectivity index (χ3v) is 2.44. The van der Waals surface area contributed by atoms with Crippen LogP contribution in [0.15, 0.2) is 24.3 Å². The van der Waals surface area contributed by atoms with Gasteiger partial charge in [0.1, 0.15) is 5.82 Å². The summed E-state index contributed by atoms with van der Waals surface area (Å²) in [5.41, 5.74) is 0.116. The fourth-order valence-corrected chi connectivity index (χ4v) is 1.48. The predicted molar refractivity (Wildman–Crippen MR) is 61.2 cm³/mol. The number of benzene rings is 1. The first kappa shape index (κ1) is 13.4. The number of halogens is 1. The van der Waals surface area contributed by atoms with Crippen LogP contribution in [0.4, 0.5) is 4.39 Å². The van der Waals surface area contributed by atoms with Gasteiger partial charge in [-0.2, -0.15) is 0 Å². The lowest BCUT2D eigenvalue weighted by Crippen LogP contribution is -2.03. The molecule has 0 radical (unpaired) electrons. The molecule has 0 aromatic heterocycles. The molecule has 0 aliphatic carbocycles. The summed E-state index contributed by atoms with van der Waals surface area (Å²) in [5.74, 6) is -1.01. The highest BCUT2D eigenvalue weighted by atomic mass is 19.1. The molecule has 17 heavy (non-hydrogen) atoms. The maximum atomic E-state index is 13.2. The van der Waals surface area contributed by atoms with E-state index < -0.39 is 5.82 Å². The Labute approximate surface area is 99.6 Å². The van der Waals surface area contributed by atoms with Crippen molar-refractivity contribution in [3.05, 3.63) is 35.6 Å². The number of rotatable bonds is 6. The van der Waals surface area contributed by atoms with E-state index in [1.807, 2.05) is 0 Å². The maximum Gasteiger partial charge on any atom is 0.305 e. The molecule has 4 heteroatoms. The number of esters is 1. The molecule has 0 unspecified atom stereocenters. The summed E-state index contributed by atoms with van der Waals surface area (Å²) in [5, 5.41) is 0. The number of ketones is 1. The first-order chi connectivity index (χ1) is 8.15. The van der Waals surface area contributed by atoms with Crippen LogP contribution >= 0.6 is 0 Å². The van der Waals surface area contributed by atoms with Gasteiger partial charge in [-0.3, -0.25) is 9.59 Å². The van der Waals surface area contributed by atoms with Crippen LogP contribution in [0.3, 0.4) is 0 Å². The number of carbonyl (C=O) groups excluding carboxylic acids is 2. The number of hydrogen-bond acceptors (Lipinski definition) is 3. The van der Waals surface area contributed by atoms with Crippen LogP contribution in [0.2, 0.25) is 0 Å². The molecular formula is C13H15FO3. The van der Waals surface area contributed by atoms with E-state index in [1.165, 1.54) is 19.2 Å². The number of Topliss-reactive ketones (excluding diaryl/α,β-unsaturated/α-hetero) is 1. The van der Waals surface area contributed by atoms with E-state index in [1.54, 1.807) is 12.1 Å². The number of hydrogen-bond donors (Lipinski definition) is 0. The van der Waals surface area contributed by atoms with Crippen molar-refractivity contribution in [3.63, 3.8) is 0 Å².